The van der Waals surface area contributed by atoms with E-state index in [9.17, 15) is 15.0 Å². The van der Waals surface area contributed by atoms with Crippen molar-refractivity contribution in [1.82, 2.24) is 0 Å². The second kappa shape index (κ2) is 12.0. The second-order valence-corrected chi connectivity index (χ2v) is 6.84. The van der Waals surface area contributed by atoms with Crippen LogP contribution in [0.3, 0.4) is 0 Å². The molecule has 0 aromatic heterocycles. The minimum Gasteiger partial charge on any atom is -0.508 e. The highest BCUT2D eigenvalue weighted by Gasteiger charge is 2.16. The van der Waals surface area contributed by atoms with Crippen LogP contribution in [-0.4, -0.2) is 50.6 Å². The average molecular weight is 420 g/mol. The Bertz CT molecular complexity index is 626. The first-order valence-corrected chi connectivity index (χ1v) is 10.0. The summed E-state index contributed by atoms with van der Waals surface area (Å²) < 4.78 is 17.8. The Hall–Kier alpha value is -1.49. The molecule has 9 N–H and O–H groups in total. The fourth-order valence-electron chi connectivity index (χ4n) is 1.68. The van der Waals surface area contributed by atoms with Crippen LogP contribution in [0.15, 0.2) is 12.1 Å². The lowest BCUT2D eigenvalue weighted by Gasteiger charge is -2.08. The number of carboxylic acid groups (broad SMARTS) is 1. The molecule has 0 amide bonds. The number of carboxylic acids is 1. The molecule has 0 aliphatic heterocycles. The molecule has 0 radical (unpaired) electrons. The van der Waals surface area contributed by atoms with Gasteiger partial charge in [0.25, 0.3) is 0 Å². The zero-order valence-corrected chi connectivity index (χ0v) is 15.4. The third-order valence-corrected chi connectivity index (χ3v) is 2.45. The van der Waals surface area contributed by atoms with Gasteiger partial charge in [0.2, 0.25) is 0 Å². The van der Waals surface area contributed by atoms with Gasteiger partial charge < -0.3 is 44.7 Å². The van der Waals surface area contributed by atoms with Crippen LogP contribution in [0.1, 0.15) is 42.1 Å². The van der Waals surface area contributed by atoms with E-state index >= 15 is 0 Å². The van der Waals surface area contributed by atoms with Crippen LogP contribution >= 0.6 is 15.6 Å². The Labute approximate surface area is 148 Å². The van der Waals surface area contributed by atoms with E-state index in [0.717, 1.165) is 25.3 Å². The van der Waals surface area contributed by atoms with Gasteiger partial charge in [0.15, 0.2) is 0 Å². The van der Waals surface area contributed by atoms with Gasteiger partial charge in [-0.05, 0) is 24.5 Å². The summed E-state index contributed by atoms with van der Waals surface area (Å²) >= 11 is 0. The molecule has 14 heteroatoms. The van der Waals surface area contributed by atoms with Crippen LogP contribution in [0.4, 0.5) is 0 Å². The van der Waals surface area contributed by atoms with Crippen LogP contribution in [0, 0.1) is 0 Å². The van der Waals surface area contributed by atoms with Crippen LogP contribution in [0.25, 0.3) is 0 Å². The number of aromatic hydroxyl groups is 2. The van der Waals surface area contributed by atoms with Crippen molar-refractivity contribution in [2.24, 2.45) is 0 Å². The Morgan fingerprint density at radius 1 is 0.923 bits per heavy atom. The van der Waals surface area contributed by atoms with Gasteiger partial charge in [0, 0.05) is 6.07 Å². The lowest BCUT2D eigenvalue weighted by atomic mass is 10.00. The Balaban J connectivity index is 0. The van der Waals surface area contributed by atoms with Gasteiger partial charge in [0.1, 0.15) is 17.1 Å². The van der Waals surface area contributed by atoms with E-state index in [4.69, 9.17) is 43.6 Å². The SMILES string of the molecule is CCCCCc1cc(O)cc(O)c1C(=O)O.O=P(O)(O)O.O=P(O)(O)O. The minimum absolute atomic E-state index is 0.103. The number of aryl methyl sites for hydroxylation is 1. The van der Waals surface area contributed by atoms with Crippen molar-refractivity contribution in [1.29, 1.82) is 0 Å². The van der Waals surface area contributed by atoms with E-state index in [2.05, 4.69) is 6.92 Å². The monoisotopic (exact) mass is 420 g/mol. The first kappa shape index (κ1) is 26.7. The number of rotatable bonds is 5. The second-order valence-electron chi connectivity index (χ2n) is 4.79. The summed E-state index contributed by atoms with van der Waals surface area (Å²) in [6.45, 7) is 2.05. The van der Waals surface area contributed by atoms with Crippen LogP contribution in [-0.2, 0) is 15.6 Å². The molecule has 0 heterocycles. The normalized spacial score (nSPS) is 10.9. The molecule has 1 aromatic carbocycles. The molecule has 0 bridgehead atoms. The Morgan fingerprint density at radius 2 is 1.35 bits per heavy atom. The van der Waals surface area contributed by atoms with E-state index in [-0.39, 0.29) is 17.1 Å². The summed E-state index contributed by atoms with van der Waals surface area (Å²) in [7, 11) is -9.28. The van der Waals surface area contributed by atoms with Crippen LogP contribution < -0.4 is 0 Å². The highest BCUT2D eigenvalue weighted by atomic mass is 31.2. The molecule has 0 spiro atoms. The van der Waals surface area contributed by atoms with Crippen molar-refractivity contribution in [2.75, 3.05) is 0 Å². The maximum Gasteiger partial charge on any atom is 0.466 e. The average Bonchev–Trinajstić information content (AvgIpc) is 2.33. The lowest BCUT2D eigenvalue weighted by molar-refractivity contribution is 0.0692. The fourth-order valence-corrected chi connectivity index (χ4v) is 1.68. The van der Waals surface area contributed by atoms with Gasteiger partial charge in [-0.3, -0.25) is 0 Å². The number of aromatic carboxylic acids is 1. The molecule has 0 atom stereocenters. The Kier molecular flexibility index (Phi) is 12.3. The predicted molar refractivity (Wildman–Crippen MR) is 88.5 cm³/mol. The molecule has 1 aromatic rings. The molecule has 26 heavy (non-hydrogen) atoms. The van der Waals surface area contributed by atoms with Crippen molar-refractivity contribution < 1.29 is 58.6 Å². The van der Waals surface area contributed by atoms with E-state index in [1.807, 2.05) is 0 Å². The number of unbranched alkanes of at least 4 members (excludes halogenated alkanes) is 2. The summed E-state index contributed by atoms with van der Waals surface area (Å²) in [6, 6.07) is 2.45. The van der Waals surface area contributed by atoms with Crippen LogP contribution in [0.5, 0.6) is 11.5 Å². The molecule has 0 aliphatic rings. The van der Waals surface area contributed by atoms with Gasteiger partial charge >= 0.3 is 21.6 Å². The topological polar surface area (TPSA) is 233 Å². The largest absolute Gasteiger partial charge is 0.508 e. The number of carbonyl (C=O) groups is 1. The molecular weight excluding hydrogens is 398 g/mol. The number of hydrogen-bond donors (Lipinski definition) is 9. The highest BCUT2D eigenvalue weighted by molar-refractivity contribution is 7.45. The summed E-state index contributed by atoms with van der Waals surface area (Å²) in [5.74, 6) is -1.64. The molecule has 0 saturated carbocycles. The van der Waals surface area contributed by atoms with Crippen molar-refractivity contribution in [3.63, 3.8) is 0 Å². The third kappa shape index (κ3) is 18.8. The van der Waals surface area contributed by atoms with Gasteiger partial charge in [-0.1, -0.05) is 19.8 Å². The summed E-state index contributed by atoms with van der Waals surface area (Å²) in [5.41, 5.74) is 0.382. The number of phosphoric acid groups is 2. The number of benzene rings is 1. The van der Waals surface area contributed by atoms with Crippen molar-refractivity contribution in [2.45, 2.75) is 32.6 Å². The van der Waals surface area contributed by atoms with Gasteiger partial charge in [-0.2, -0.15) is 0 Å². The molecular formula is C12H22O12P2. The van der Waals surface area contributed by atoms with Crippen molar-refractivity contribution >= 4 is 21.6 Å². The van der Waals surface area contributed by atoms with Gasteiger partial charge in [0.05, 0.1) is 0 Å². The summed E-state index contributed by atoms with van der Waals surface area (Å²) in [4.78, 5) is 54.1. The maximum absolute atomic E-state index is 10.9. The first-order chi connectivity index (χ1) is 11.6. The summed E-state index contributed by atoms with van der Waals surface area (Å²) in [6.07, 6.45) is 3.43. The zero-order chi connectivity index (χ0) is 21.1. The Morgan fingerprint density at radius 3 is 1.69 bits per heavy atom. The van der Waals surface area contributed by atoms with Gasteiger partial charge in [-0.15, -0.1) is 0 Å². The molecule has 0 aliphatic carbocycles. The lowest BCUT2D eigenvalue weighted by Crippen LogP contribution is -2.03. The van der Waals surface area contributed by atoms with Crippen molar-refractivity contribution in [3.8, 4) is 11.5 Å². The zero-order valence-electron chi connectivity index (χ0n) is 13.6. The minimum atomic E-state index is -4.64. The van der Waals surface area contributed by atoms with E-state index in [0.29, 0.717) is 12.0 Å². The molecule has 152 valence electrons. The number of hydrogen-bond acceptors (Lipinski definition) is 5. The fraction of sp³-hybridized carbons (Fsp3) is 0.417. The molecule has 1 rings (SSSR count). The van der Waals surface area contributed by atoms with E-state index in [1.54, 1.807) is 0 Å². The molecule has 0 saturated heterocycles. The molecule has 0 unspecified atom stereocenters. The third-order valence-electron chi connectivity index (χ3n) is 2.45. The van der Waals surface area contributed by atoms with Crippen LogP contribution in [0.2, 0.25) is 0 Å². The van der Waals surface area contributed by atoms with E-state index in [1.165, 1.54) is 6.07 Å². The standard InChI is InChI=1S/C12H16O4.2H3O4P/c1-2-3-4-5-8-6-9(13)7-10(14)11(8)12(15)16;2*1-5(2,3)4/h6-7,13-14H,2-5H2,1H3,(H,15,16);2*(H3,1,2,3,4). The maximum atomic E-state index is 10.9. The van der Waals surface area contributed by atoms with Crippen molar-refractivity contribution in [3.05, 3.63) is 23.3 Å². The summed E-state index contributed by atoms with van der Waals surface area (Å²) in [5, 5.41) is 27.7. The number of phenolic OH excluding ortho intramolecular Hbond substituents is 1. The molecule has 12 nitrogen and oxygen atoms in total. The van der Waals surface area contributed by atoms with E-state index < -0.39 is 21.6 Å². The highest BCUT2D eigenvalue weighted by Crippen LogP contribution is 2.28. The predicted octanol–water partition coefficient (Wildman–Crippen LogP) is 0.672. The molecule has 0 fully saturated rings. The number of phenols is 2. The first-order valence-electron chi connectivity index (χ1n) is 6.91. The van der Waals surface area contributed by atoms with Gasteiger partial charge in [-0.25, -0.2) is 13.9 Å². The smallest absolute Gasteiger partial charge is 0.466 e. The quantitative estimate of drug-likeness (QED) is 0.236.